The van der Waals surface area contributed by atoms with Crippen LogP contribution < -0.4 is 0 Å². The molecule has 0 spiro atoms. The van der Waals surface area contributed by atoms with Crippen molar-refractivity contribution in [2.75, 3.05) is 45.8 Å². The monoisotopic (exact) mass is 410 g/mol. The van der Waals surface area contributed by atoms with Crippen molar-refractivity contribution in [3.63, 3.8) is 0 Å². The molecule has 7 heteroatoms. The number of hydrogen-bond acceptors (Lipinski definition) is 3. The highest BCUT2D eigenvalue weighted by Crippen LogP contribution is 2.21. The molecule has 1 aromatic rings. The number of nitrogens with zero attached hydrogens (tertiary/aromatic N) is 3. The van der Waals surface area contributed by atoms with E-state index in [0.717, 1.165) is 30.7 Å². The highest BCUT2D eigenvalue weighted by molar-refractivity contribution is 9.10. The molecule has 2 amide bonds. The molecule has 6 nitrogen and oxygen atoms in total. The Balaban J connectivity index is 1.47. The lowest BCUT2D eigenvalue weighted by atomic mass is 9.92. The number of aromatic amines is 1. The predicted molar refractivity (Wildman–Crippen MR) is 100 cm³/mol. The molecule has 3 rings (SSSR count). The Kier molecular flexibility index (Phi) is 5.84. The largest absolute Gasteiger partial charge is 0.356 e. The molecule has 0 aliphatic carbocycles. The summed E-state index contributed by atoms with van der Waals surface area (Å²) in [6.07, 6.45) is 2.97. The highest BCUT2D eigenvalue weighted by atomic mass is 79.9. The number of likely N-dealkylation sites (tertiary alicyclic amines) is 1. The zero-order valence-corrected chi connectivity index (χ0v) is 16.6. The lowest BCUT2D eigenvalue weighted by molar-refractivity contribution is -0.135. The third-order valence-electron chi connectivity index (χ3n) is 5.12. The van der Waals surface area contributed by atoms with Crippen LogP contribution in [-0.2, 0) is 4.79 Å². The van der Waals surface area contributed by atoms with Crippen molar-refractivity contribution in [2.45, 2.75) is 20.3 Å². The van der Waals surface area contributed by atoms with E-state index in [0.29, 0.717) is 37.2 Å². The van der Waals surface area contributed by atoms with Gasteiger partial charge in [-0.05, 0) is 40.3 Å². The number of aromatic nitrogens is 1. The molecular formula is C18H27BrN4O2. The van der Waals surface area contributed by atoms with Gasteiger partial charge in [0.25, 0.3) is 5.91 Å². The number of piperazine rings is 1. The molecule has 2 aliphatic rings. The van der Waals surface area contributed by atoms with Crippen LogP contribution in [0.1, 0.15) is 30.8 Å². The van der Waals surface area contributed by atoms with E-state index in [2.05, 4.69) is 39.7 Å². The smallest absolute Gasteiger partial charge is 0.270 e. The van der Waals surface area contributed by atoms with Gasteiger partial charge < -0.3 is 14.8 Å². The number of nitrogens with one attached hydrogen (secondary N) is 1. The van der Waals surface area contributed by atoms with Gasteiger partial charge in [0.2, 0.25) is 5.91 Å². The Morgan fingerprint density at radius 2 is 1.76 bits per heavy atom. The van der Waals surface area contributed by atoms with Crippen molar-refractivity contribution in [3.8, 4) is 0 Å². The fourth-order valence-corrected chi connectivity index (χ4v) is 4.27. The van der Waals surface area contributed by atoms with Crippen molar-refractivity contribution in [1.82, 2.24) is 19.7 Å². The third kappa shape index (κ3) is 4.64. The molecule has 3 heterocycles. The van der Waals surface area contributed by atoms with Gasteiger partial charge in [-0.3, -0.25) is 14.5 Å². The maximum Gasteiger partial charge on any atom is 0.270 e. The summed E-state index contributed by atoms with van der Waals surface area (Å²) in [5.74, 6) is 1.42. The molecule has 0 saturated carbocycles. The van der Waals surface area contributed by atoms with Gasteiger partial charge in [0.15, 0.2) is 0 Å². The van der Waals surface area contributed by atoms with Crippen molar-refractivity contribution < 1.29 is 9.59 Å². The lowest BCUT2D eigenvalue weighted by Gasteiger charge is -2.38. The average molecular weight is 411 g/mol. The van der Waals surface area contributed by atoms with Crippen molar-refractivity contribution >= 4 is 27.7 Å². The fraction of sp³-hybridized carbons (Fsp3) is 0.667. The molecule has 2 atom stereocenters. The van der Waals surface area contributed by atoms with Crippen LogP contribution in [0.2, 0.25) is 0 Å². The minimum absolute atomic E-state index is 0.0235. The van der Waals surface area contributed by atoms with Crippen molar-refractivity contribution in [2.24, 2.45) is 11.8 Å². The van der Waals surface area contributed by atoms with Crippen LogP contribution in [0.3, 0.4) is 0 Å². The molecule has 0 bridgehead atoms. The number of piperidine rings is 1. The maximum atomic E-state index is 12.6. The molecule has 0 radical (unpaired) electrons. The molecule has 138 valence electrons. The minimum Gasteiger partial charge on any atom is -0.356 e. The number of carbonyl (C=O) groups excluding carboxylic acids is 2. The summed E-state index contributed by atoms with van der Waals surface area (Å²) >= 11 is 3.35. The van der Waals surface area contributed by atoms with Crippen LogP contribution in [0.4, 0.5) is 0 Å². The predicted octanol–water partition coefficient (Wildman–Crippen LogP) is 2.04. The standard InChI is InChI=1S/C18H27BrN4O2/c1-13-7-14(2)11-23(10-13)17(24)12-21-3-5-22(6-4-21)18(25)16-8-15(19)9-20-16/h8-9,13-14,20H,3-7,10-12H2,1-2H3. The summed E-state index contributed by atoms with van der Waals surface area (Å²) in [7, 11) is 0. The average Bonchev–Trinajstić information content (AvgIpc) is 3.00. The van der Waals surface area contributed by atoms with Crippen LogP contribution in [0.25, 0.3) is 0 Å². The Bertz CT molecular complexity index is 614. The normalized spacial score (nSPS) is 25.2. The fourth-order valence-electron chi connectivity index (χ4n) is 3.93. The number of H-pyrrole nitrogens is 1. The van der Waals surface area contributed by atoms with Crippen LogP contribution >= 0.6 is 15.9 Å². The summed E-state index contributed by atoms with van der Waals surface area (Å²) in [5, 5.41) is 0. The number of halogens is 1. The third-order valence-corrected chi connectivity index (χ3v) is 5.58. The molecule has 2 fully saturated rings. The first kappa shape index (κ1) is 18.5. The van der Waals surface area contributed by atoms with Crippen molar-refractivity contribution in [1.29, 1.82) is 0 Å². The van der Waals surface area contributed by atoms with Crippen LogP contribution in [0, 0.1) is 11.8 Å². The van der Waals surface area contributed by atoms with E-state index in [1.807, 2.05) is 9.80 Å². The van der Waals surface area contributed by atoms with Gasteiger partial charge in [0.05, 0.1) is 6.54 Å². The Morgan fingerprint density at radius 1 is 1.12 bits per heavy atom. The van der Waals surface area contributed by atoms with Gasteiger partial charge in [-0.15, -0.1) is 0 Å². The van der Waals surface area contributed by atoms with E-state index >= 15 is 0 Å². The Hall–Kier alpha value is -1.34. The van der Waals surface area contributed by atoms with Gasteiger partial charge in [-0.1, -0.05) is 13.8 Å². The highest BCUT2D eigenvalue weighted by Gasteiger charge is 2.28. The summed E-state index contributed by atoms with van der Waals surface area (Å²) in [4.78, 5) is 34.1. The zero-order valence-electron chi connectivity index (χ0n) is 15.0. The quantitative estimate of drug-likeness (QED) is 0.828. The number of hydrogen-bond donors (Lipinski definition) is 1. The summed E-state index contributed by atoms with van der Waals surface area (Å²) < 4.78 is 0.880. The molecule has 1 N–H and O–H groups in total. The molecule has 2 aliphatic heterocycles. The van der Waals surface area contributed by atoms with E-state index in [1.54, 1.807) is 12.3 Å². The molecule has 25 heavy (non-hydrogen) atoms. The van der Waals surface area contributed by atoms with Crippen LogP contribution in [0.5, 0.6) is 0 Å². The number of amides is 2. The second-order valence-corrected chi connectivity index (χ2v) is 8.46. The Morgan fingerprint density at radius 3 is 2.32 bits per heavy atom. The lowest BCUT2D eigenvalue weighted by Crippen LogP contribution is -2.53. The topological polar surface area (TPSA) is 59.7 Å². The second-order valence-electron chi connectivity index (χ2n) is 7.54. The number of rotatable bonds is 3. The molecule has 2 saturated heterocycles. The minimum atomic E-state index is 0.0235. The van der Waals surface area contributed by atoms with E-state index in [1.165, 1.54) is 6.42 Å². The zero-order chi connectivity index (χ0) is 18.0. The van der Waals surface area contributed by atoms with Gasteiger partial charge in [0, 0.05) is 49.9 Å². The van der Waals surface area contributed by atoms with E-state index < -0.39 is 0 Å². The molecule has 2 unspecified atom stereocenters. The first-order valence-corrected chi connectivity index (χ1v) is 9.85. The second kappa shape index (κ2) is 7.91. The molecule has 0 aromatic carbocycles. The van der Waals surface area contributed by atoms with Gasteiger partial charge in [-0.25, -0.2) is 0 Å². The summed E-state index contributed by atoms with van der Waals surface area (Å²) in [6.45, 7) is 9.49. The van der Waals surface area contributed by atoms with E-state index in [9.17, 15) is 9.59 Å². The van der Waals surface area contributed by atoms with Gasteiger partial charge in [0.1, 0.15) is 5.69 Å². The SMILES string of the molecule is CC1CC(C)CN(C(=O)CN2CCN(C(=O)c3cc(Br)c[nH]3)CC2)C1. The first-order valence-electron chi connectivity index (χ1n) is 9.05. The van der Waals surface area contributed by atoms with Gasteiger partial charge in [-0.2, -0.15) is 0 Å². The summed E-state index contributed by atoms with van der Waals surface area (Å²) in [6, 6.07) is 1.80. The van der Waals surface area contributed by atoms with E-state index in [-0.39, 0.29) is 11.8 Å². The molecular weight excluding hydrogens is 384 g/mol. The van der Waals surface area contributed by atoms with E-state index in [4.69, 9.17) is 0 Å². The van der Waals surface area contributed by atoms with Crippen LogP contribution in [0.15, 0.2) is 16.7 Å². The maximum absolute atomic E-state index is 12.6. The van der Waals surface area contributed by atoms with Crippen molar-refractivity contribution in [3.05, 3.63) is 22.4 Å². The van der Waals surface area contributed by atoms with Gasteiger partial charge >= 0.3 is 0 Å². The first-order chi connectivity index (χ1) is 11.9. The van der Waals surface area contributed by atoms with Crippen LogP contribution in [-0.4, -0.2) is 77.3 Å². The molecule has 1 aromatic heterocycles. The number of carbonyl (C=O) groups is 2. The Labute approximate surface area is 157 Å². The summed E-state index contributed by atoms with van der Waals surface area (Å²) in [5.41, 5.74) is 0.604.